The molecule has 3 nitrogen and oxygen atoms in total. The maximum atomic E-state index is 5.54. The van der Waals surface area contributed by atoms with Crippen LogP contribution in [0.1, 0.15) is 16.7 Å². The maximum absolute atomic E-state index is 5.54. The highest BCUT2D eigenvalue weighted by Crippen LogP contribution is 2.24. The first kappa shape index (κ1) is 14.0. The standard InChI is InChI=1S/C14H24N2O/c1-11-9-12(2)13(14(10-11)17-4)5-7-16(3)8-6-15/h9-10H,5-8,15H2,1-4H3. The molecule has 0 amide bonds. The molecular formula is C14H24N2O. The number of rotatable bonds is 6. The van der Waals surface area contributed by atoms with Gasteiger partial charge in [0.25, 0.3) is 0 Å². The second-order valence-corrected chi connectivity index (χ2v) is 4.60. The van der Waals surface area contributed by atoms with Gasteiger partial charge < -0.3 is 15.4 Å². The second-order valence-electron chi connectivity index (χ2n) is 4.60. The van der Waals surface area contributed by atoms with Gasteiger partial charge in [0.15, 0.2) is 0 Å². The summed E-state index contributed by atoms with van der Waals surface area (Å²) < 4.78 is 5.46. The number of hydrogen-bond donors (Lipinski definition) is 1. The van der Waals surface area contributed by atoms with Gasteiger partial charge in [-0.3, -0.25) is 0 Å². The van der Waals surface area contributed by atoms with E-state index in [1.165, 1.54) is 16.7 Å². The minimum atomic E-state index is 0.709. The third-order valence-electron chi connectivity index (χ3n) is 3.05. The predicted octanol–water partition coefficient (Wildman–Crippen LogP) is 1.75. The first-order valence-electron chi connectivity index (χ1n) is 6.11. The van der Waals surface area contributed by atoms with E-state index in [-0.39, 0.29) is 0 Å². The fourth-order valence-corrected chi connectivity index (χ4v) is 2.10. The van der Waals surface area contributed by atoms with Gasteiger partial charge in [-0.1, -0.05) is 6.07 Å². The van der Waals surface area contributed by atoms with Crippen LogP contribution < -0.4 is 10.5 Å². The number of aryl methyl sites for hydroxylation is 2. The van der Waals surface area contributed by atoms with Crippen molar-refractivity contribution in [3.05, 3.63) is 28.8 Å². The van der Waals surface area contributed by atoms with E-state index in [9.17, 15) is 0 Å². The van der Waals surface area contributed by atoms with Gasteiger partial charge >= 0.3 is 0 Å². The lowest BCUT2D eigenvalue weighted by Crippen LogP contribution is -2.27. The molecule has 0 unspecified atom stereocenters. The predicted molar refractivity (Wildman–Crippen MR) is 72.7 cm³/mol. The molecule has 0 fully saturated rings. The summed E-state index contributed by atoms with van der Waals surface area (Å²) in [5.74, 6) is 1.00. The zero-order chi connectivity index (χ0) is 12.8. The fourth-order valence-electron chi connectivity index (χ4n) is 2.10. The smallest absolute Gasteiger partial charge is 0.122 e. The van der Waals surface area contributed by atoms with Crippen molar-refractivity contribution in [1.29, 1.82) is 0 Å². The quantitative estimate of drug-likeness (QED) is 0.817. The summed E-state index contributed by atoms with van der Waals surface area (Å²) in [6.07, 6.45) is 1.01. The lowest BCUT2D eigenvalue weighted by atomic mass is 10.0. The maximum Gasteiger partial charge on any atom is 0.122 e. The molecule has 0 radical (unpaired) electrons. The molecule has 0 aliphatic carbocycles. The van der Waals surface area contributed by atoms with Crippen molar-refractivity contribution < 1.29 is 4.74 Å². The monoisotopic (exact) mass is 236 g/mol. The summed E-state index contributed by atoms with van der Waals surface area (Å²) in [7, 11) is 3.84. The number of methoxy groups -OCH3 is 1. The Morgan fingerprint density at radius 1 is 1.24 bits per heavy atom. The first-order chi connectivity index (χ1) is 8.08. The molecule has 1 aromatic carbocycles. The lowest BCUT2D eigenvalue weighted by Gasteiger charge is -2.18. The third-order valence-corrected chi connectivity index (χ3v) is 3.05. The van der Waals surface area contributed by atoms with Crippen LogP contribution in [0.4, 0.5) is 0 Å². The molecule has 0 spiro atoms. The number of likely N-dealkylation sites (N-methyl/N-ethyl adjacent to an activating group) is 1. The van der Waals surface area contributed by atoms with Crippen LogP contribution in [0.3, 0.4) is 0 Å². The number of nitrogens with two attached hydrogens (primary N) is 1. The second kappa shape index (κ2) is 6.62. The Balaban J connectivity index is 2.76. The minimum absolute atomic E-state index is 0.709. The Labute approximate surface area is 105 Å². The number of hydrogen-bond acceptors (Lipinski definition) is 3. The van der Waals surface area contributed by atoms with Crippen LogP contribution >= 0.6 is 0 Å². The Morgan fingerprint density at radius 3 is 2.53 bits per heavy atom. The molecule has 17 heavy (non-hydrogen) atoms. The summed E-state index contributed by atoms with van der Waals surface area (Å²) in [4.78, 5) is 2.25. The van der Waals surface area contributed by atoms with Crippen LogP contribution in [0, 0.1) is 13.8 Å². The largest absolute Gasteiger partial charge is 0.496 e. The highest BCUT2D eigenvalue weighted by molar-refractivity contribution is 5.43. The van der Waals surface area contributed by atoms with Crippen LogP contribution in [0.5, 0.6) is 5.75 Å². The zero-order valence-electron chi connectivity index (χ0n) is 11.4. The Bertz CT molecular complexity index is 363. The molecule has 96 valence electrons. The van der Waals surface area contributed by atoms with Crippen LogP contribution in [0.25, 0.3) is 0 Å². The van der Waals surface area contributed by atoms with Crippen LogP contribution in [-0.2, 0) is 6.42 Å². The molecule has 2 N–H and O–H groups in total. The molecule has 0 aliphatic rings. The highest BCUT2D eigenvalue weighted by atomic mass is 16.5. The SMILES string of the molecule is COc1cc(C)cc(C)c1CCN(C)CCN. The van der Waals surface area contributed by atoms with E-state index in [0.717, 1.165) is 25.3 Å². The van der Waals surface area contributed by atoms with E-state index >= 15 is 0 Å². The summed E-state index contributed by atoms with van der Waals surface area (Å²) in [6.45, 7) is 6.90. The van der Waals surface area contributed by atoms with Crippen LogP contribution in [-0.4, -0.2) is 38.7 Å². The molecule has 3 heteroatoms. The molecule has 0 saturated carbocycles. The van der Waals surface area contributed by atoms with Gasteiger partial charge in [-0.25, -0.2) is 0 Å². The summed E-state index contributed by atoms with van der Waals surface area (Å²) in [6, 6.07) is 4.31. The molecule has 0 aliphatic heterocycles. The van der Waals surface area contributed by atoms with Crippen molar-refractivity contribution in [2.24, 2.45) is 5.73 Å². The highest BCUT2D eigenvalue weighted by Gasteiger charge is 2.08. The number of ether oxygens (including phenoxy) is 1. The topological polar surface area (TPSA) is 38.5 Å². The van der Waals surface area contributed by atoms with Crippen LogP contribution in [0.2, 0.25) is 0 Å². The van der Waals surface area contributed by atoms with Gasteiger partial charge in [-0.05, 0) is 50.1 Å². The van der Waals surface area contributed by atoms with E-state index in [2.05, 4.69) is 37.9 Å². The fraction of sp³-hybridized carbons (Fsp3) is 0.571. The van der Waals surface area contributed by atoms with Gasteiger partial charge in [0.1, 0.15) is 5.75 Å². The first-order valence-corrected chi connectivity index (χ1v) is 6.11. The molecular weight excluding hydrogens is 212 g/mol. The molecule has 0 saturated heterocycles. The molecule has 1 rings (SSSR count). The van der Waals surface area contributed by atoms with E-state index in [4.69, 9.17) is 10.5 Å². The Kier molecular flexibility index (Phi) is 5.45. The average molecular weight is 236 g/mol. The summed E-state index contributed by atoms with van der Waals surface area (Å²) in [5, 5.41) is 0. The summed E-state index contributed by atoms with van der Waals surface area (Å²) >= 11 is 0. The third kappa shape index (κ3) is 4.02. The van der Waals surface area contributed by atoms with Crippen molar-refractivity contribution in [3.63, 3.8) is 0 Å². The van der Waals surface area contributed by atoms with Gasteiger partial charge in [-0.2, -0.15) is 0 Å². The molecule has 0 bridgehead atoms. The number of nitrogens with zero attached hydrogens (tertiary/aromatic N) is 1. The molecule has 0 heterocycles. The van der Waals surface area contributed by atoms with Gasteiger partial charge in [0, 0.05) is 19.6 Å². The van der Waals surface area contributed by atoms with Crippen molar-refractivity contribution in [2.45, 2.75) is 20.3 Å². The zero-order valence-corrected chi connectivity index (χ0v) is 11.4. The average Bonchev–Trinajstić information content (AvgIpc) is 2.27. The minimum Gasteiger partial charge on any atom is -0.496 e. The van der Waals surface area contributed by atoms with Crippen molar-refractivity contribution in [2.75, 3.05) is 33.8 Å². The van der Waals surface area contributed by atoms with E-state index in [1.807, 2.05) is 0 Å². The Hall–Kier alpha value is -1.06. The normalized spacial score (nSPS) is 10.9. The van der Waals surface area contributed by atoms with Crippen molar-refractivity contribution in [3.8, 4) is 5.75 Å². The molecule has 0 aromatic heterocycles. The van der Waals surface area contributed by atoms with Crippen molar-refractivity contribution >= 4 is 0 Å². The van der Waals surface area contributed by atoms with Crippen LogP contribution in [0.15, 0.2) is 12.1 Å². The molecule has 1 aromatic rings. The van der Waals surface area contributed by atoms with E-state index < -0.39 is 0 Å². The molecule has 0 atom stereocenters. The van der Waals surface area contributed by atoms with Gasteiger partial charge in [-0.15, -0.1) is 0 Å². The van der Waals surface area contributed by atoms with E-state index in [0.29, 0.717) is 6.54 Å². The van der Waals surface area contributed by atoms with E-state index in [1.54, 1.807) is 7.11 Å². The summed E-state index contributed by atoms with van der Waals surface area (Å²) in [5.41, 5.74) is 9.40. The van der Waals surface area contributed by atoms with Crippen molar-refractivity contribution in [1.82, 2.24) is 4.90 Å². The van der Waals surface area contributed by atoms with Gasteiger partial charge in [0.05, 0.1) is 7.11 Å². The number of benzene rings is 1. The van der Waals surface area contributed by atoms with Gasteiger partial charge in [0.2, 0.25) is 0 Å². The lowest BCUT2D eigenvalue weighted by molar-refractivity contribution is 0.343. The Morgan fingerprint density at radius 2 is 1.94 bits per heavy atom.